The average molecular weight is 303 g/mol. The standard InChI is InChI=1S/C13H19BrO3/c1-10(9-15-2)17-13(8-14)11-5-4-6-12(7-11)16-3/h4-7,10,13H,8-9H2,1-3H3. The van der Waals surface area contributed by atoms with E-state index in [9.17, 15) is 0 Å². The number of methoxy groups -OCH3 is 2. The first-order valence-corrected chi connectivity index (χ1v) is 6.67. The van der Waals surface area contributed by atoms with Crippen LogP contribution < -0.4 is 4.74 Å². The van der Waals surface area contributed by atoms with Crippen LogP contribution in [0.15, 0.2) is 24.3 Å². The van der Waals surface area contributed by atoms with E-state index in [0.717, 1.165) is 16.6 Å². The van der Waals surface area contributed by atoms with Crippen LogP contribution in [-0.2, 0) is 9.47 Å². The largest absolute Gasteiger partial charge is 0.497 e. The van der Waals surface area contributed by atoms with E-state index in [1.165, 1.54) is 0 Å². The molecule has 2 unspecified atom stereocenters. The van der Waals surface area contributed by atoms with Gasteiger partial charge < -0.3 is 14.2 Å². The zero-order valence-corrected chi connectivity index (χ0v) is 12.1. The van der Waals surface area contributed by atoms with Crippen molar-refractivity contribution in [1.82, 2.24) is 0 Å². The maximum absolute atomic E-state index is 5.90. The fraction of sp³-hybridized carbons (Fsp3) is 0.538. The third-order valence-corrected chi connectivity index (χ3v) is 2.99. The molecule has 0 amide bonds. The minimum atomic E-state index is 0.00949. The number of rotatable bonds is 7. The quantitative estimate of drug-likeness (QED) is 0.724. The first-order valence-electron chi connectivity index (χ1n) is 5.55. The fourth-order valence-electron chi connectivity index (χ4n) is 1.60. The Morgan fingerprint density at radius 2 is 2.06 bits per heavy atom. The third kappa shape index (κ3) is 4.66. The molecule has 2 atom stereocenters. The lowest BCUT2D eigenvalue weighted by molar-refractivity contribution is -0.0298. The molecular formula is C13H19BrO3. The van der Waals surface area contributed by atoms with E-state index in [4.69, 9.17) is 14.2 Å². The monoisotopic (exact) mass is 302 g/mol. The van der Waals surface area contributed by atoms with E-state index in [1.807, 2.05) is 31.2 Å². The molecule has 0 N–H and O–H groups in total. The lowest BCUT2D eigenvalue weighted by atomic mass is 10.1. The van der Waals surface area contributed by atoms with Gasteiger partial charge >= 0.3 is 0 Å². The van der Waals surface area contributed by atoms with Crippen LogP contribution in [0.1, 0.15) is 18.6 Å². The molecule has 1 rings (SSSR count). The summed E-state index contributed by atoms with van der Waals surface area (Å²) < 4.78 is 16.2. The van der Waals surface area contributed by atoms with E-state index in [-0.39, 0.29) is 12.2 Å². The number of benzene rings is 1. The molecule has 0 aliphatic carbocycles. The number of hydrogen-bond acceptors (Lipinski definition) is 3. The highest BCUT2D eigenvalue weighted by atomic mass is 79.9. The molecular weight excluding hydrogens is 284 g/mol. The van der Waals surface area contributed by atoms with Crippen LogP contribution in [0.3, 0.4) is 0 Å². The van der Waals surface area contributed by atoms with Crippen LogP contribution in [0.5, 0.6) is 5.75 Å². The van der Waals surface area contributed by atoms with Crippen molar-refractivity contribution in [2.24, 2.45) is 0 Å². The first-order chi connectivity index (χ1) is 8.21. The van der Waals surface area contributed by atoms with Gasteiger partial charge in [-0.15, -0.1) is 0 Å². The van der Waals surface area contributed by atoms with E-state index < -0.39 is 0 Å². The summed E-state index contributed by atoms with van der Waals surface area (Å²) >= 11 is 3.47. The molecule has 0 saturated heterocycles. The second kappa shape index (κ2) is 7.69. The van der Waals surface area contributed by atoms with Crippen LogP contribution in [0.4, 0.5) is 0 Å². The van der Waals surface area contributed by atoms with Crippen molar-refractivity contribution in [3.8, 4) is 5.75 Å². The van der Waals surface area contributed by atoms with Crippen LogP contribution in [0.2, 0.25) is 0 Å². The zero-order valence-electron chi connectivity index (χ0n) is 10.5. The molecule has 4 heteroatoms. The van der Waals surface area contributed by atoms with Crippen LogP contribution in [-0.4, -0.2) is 32.3 Å². The van der Waals surface area contributed by atoms with E-state index in [1.54, 1.807) is 14.2 Å². The highest BCUT2D eigenvalue weighted by Crippen LogP contribution is 2.24. The summed E-state index contributed by atoms with van der Waals surface area (Å²) in [5, 5.41) is 0.744. The minimum absolute atomic E-state index is 0.00949. The molecule has 0 aromatic heterocycles. The van der Waals surface area contributed by atoms with Gasteiger partial charge in [-0.1, -0.05) is 28.1 Å². The maximum Gasteiger partial charge on any atom is 0.119 e. The third-order valence-electron chi connectivity index (χ3n) is 2.40. The van der Waals surface area contributed by atoms with Crippen molar-refractivity contribution in [1.29, 1.82) is 0 Å². The van der Waals surface area contributed by atoms with Gasteiger partial charge in [0.25, 0.3) is 0 Å². The molecule has 0 saturated carbocycles. The first kappa shape index (κ1) is 14.5. The predicted octanol–water partition coefficient (Wildman–Crippen LogP) is 3.18. The second-order valence-corrected chi connectivity index (χ2v) is 4.47. The van der Waals surface area contributed by atoms with E-state index >= 15 is 0 Å². The molecule has 1 aromatic carbocycles. The summed E-state index contributed by atoms with van der Waals surface area (Å²) in [6.45, 7) is 2.59. The Morgan fingerprint density at radius 1 is 1.29 bits per heavy atom. The maximum atomic E-state index is 5.90. The SMILES string of the molecule is COCC(C)OC(CBr)c1cccc(OC)c1. The molecule has 0 aliphatic heterocycles. The molecule has 0 bridgehead atoms. The normalized spacial score (nSPS) is 14.4. The summed E-state index contributed by atoms with van der Waals surface area (Å²) in [6, 6.07) is 7.92. The van der Waals surface area contributed by atoms with Gasteiger partial charge in [0.05, 0.1) is 25.9 Å². The Labute approximate surface area is 111 Å². The Bertz CT molecular complexity index is 330. The summed E-state index contributed by atoms with van der Waals surface area (Å²) in [5.41, 5.74) is 1.10. The number of ether oxygens (including phenoxy) is 3. The minimum Gasteiger partial charge on any atom is -0.497 e. The molecule has 96 valence electrons. The zero-order chi connectivity index (χ0) is 12.7. The van der Waals surface area contributed by atoms with Gasteiger partial charge in [0.2, 0.25) is 0 Å². The predicted molar refractivity (Wildman–Crippen MR) is 72.0 cm³/mol. The summed E-state index contributed by atoms with van der Waals surface area (Å²) in [5.74, 6) is 0.844. The smallest absolute Gasteiger partial charge is 0.119 e. The Hall–Kier alpha value is -0.580. The molecule has 3 nitrogen and oxygen atoms in total. The number of halogens is 1. The number of hydrogen-bond donors (Lipinski definition) is 0. The molecule has 0 spiro atoms. The second-order valence-electron chi connectivity index (χ2n) is 3.82. The Balaban J connectivity index is 2.71. The van der Waals surface area contributed by atoms with E-state index in [0.29, 0.717) is 6.61 Å². The summed E-state index contributed by atoms with van der Waals surface area (Å²) in [7, 11) is 3.34. The van der Waals surface area contributed by atoms with Crippen molar-refractivity contribution in [3.05, 3.63) is 29.8 Å². The molecule has 1 aromatic rings. The van der Waals surface area contributed by atoms with Gasteiger partial charge in [-0.05, 0) is 24.6 Å². The lowest BCUT2D eigenvalue weighted by Crippen LogP contribution is -2.19. The van der Waals surface area contributed by atoms with Gasteiger partial charge in [0, 0.05) is 12.4 Å². The molecule has 0 fully saturated rings. The Morgan fingerprint density at radius 3 is 2.65 bits per heavy atom. The van der Waals surface area contributed by atoms with Crippen LogP contribution in [0.25, 0.3) is 0 Å². The van der Waals surface area contributed by atoms with Gasteiger partial charge in [0.1, 0.15) is 5.75 Å². The lowest BCUT2D eigenvalue weighted by Gasteiger charge is -2.21. The average Bonchev–Trinajstić information content (AvgIpc) is 2.36. The van der Waals surface area contributed by atoms with Gasteiger partial charge in [0.15, 0.2) is 0 Å². The molecule has 17 heavy (non-hydrogen) atoms. The van der Waals surface area contributed by atoms with E-state index in [2.05, 4.69) is 15.9 Å². The van der Waals surface area contributed by atoms with Crippen molar-refractivity contribution >= 4 is 15.9 Å². The fourth-order valence-corrected chi connectivity index (χ4v) is 2.13. The highest BCUT2D eigenvalue weighted by Gasteiger charge is 2.15. The Kier molecular flexibility index (Phi) is 6.55. The van der Waals surface area contributed by atoms with Crippen molar-refractivity contribution in [2.75, 3.05) is 26.2 Å². The van der Waals surface area contributed by atoms with Crippen molar-refractivity contribution < 1.29 is 14.2 Å². The van der Waals surface area contributed by atoms with Crippen molar-refractivity contribution in [3.63, 3.8) is 0 Å². The number of alkyl halides is 1. The topological polar surface area (TPSA) is 27.7 Å². The van der Waals surface area contributed by atoms with Gasteiger partial charge in [-0.3, -0.25) is 0 Å². The summed E-state index contributed by atoms with van der Waals surface area (Å²) in [6.07, 6.45) is 0.0731. The molecule has 0 radical (unpaired) electrons. The summed E-state index contributed by atoms with van der Waals surface area (Å²) in [4.78, 5) is 0. The highest BCUT2D eigenvalue weighted by molar-refractivity contribution is 9.09. The van der Waals surface area contributed by atoms with Gasteiger partial charge in [-0.25, -0.2) is 0 Å². The molecule has 0 heterocycles. The van der Waals surface area contributed by atoms with Gasteiger partial charge in [-0.2, -0.15) is 0 Å². The van der Waals surface area contributed by atoms with Crippen LogP contribution in [0, 0.1) is 0 Å². The van der Waals surface area contributed by atoms with Crippen LogP contribution >= 0.6 is 15.9 Å². The van der Waals surface area contributed by atoms with Crippen molar-refractivity contribution in [2.45, 2.75) is 19.1 Å². The molecule has 0 aliphatic rings.